The van der Waals surface area contributed by atoms with Gasteiger partial charge in [0.05, 0.1) is 16.0 Å². The van der Waals surface area contributed by atoms with E-state index < -0.39 is 17.3 Å². The van der Waals surface area contributed by atoms with Gasteiger partial charge in [0.15, 0.2) is 0 Å². The summed E-state index contributed by atoms with van der Waals surface area (Å²) < 4.78 is 5.87. The summed E-state index contributed by atoms with van der Waals surface area (Å²) in [5.74, 6) is -1.18. The van der Waals surface area contributed by atoms with Crippen LogP contribution in [-0.4, -0.2) is 47.1 Å². The van der Waals surface area contributed by atoms with Crippen molar-refractivity contribution in [2.45, 2.75) is 72.8 Å². The predicted octanol–water partition coefficient (Wildman–Crippen LogP) is 2.77. The van der Waals surface area contributed by atoms with Crippen LogP contribution in [0.4, 0.5) is 0 Å². The van der Waals surface area contributed by atoms with Crippen molar-refractivity contribution in [1.82, 2.24) is 10.4 Å². The Morgan fingerprint density at radius 1 is 1.19 bits per heavy atom. The first-order chi connectivity index (χ1) is 11.9. The van der Waals surface area contributed by atoms with Crippen molar-refractivity contribution in [3.63, 3.8) is 0 Å². The number of rotatable bonds is 11. The summed E-state index contributed by atoms with van der Waals surface area (Å²) in [7, 11) is 0. The Morgan fingerprint density at radius 3 is 2.31 bits per heavy atom. The standard InChI is InChI=1S/C18H32N2O5S/c1-7-8-15(22)20(13-21)25-16(23)17(3,4)10-12-24-18(5,6)9-11-19-14(2)26/h13H,7-12H2,1-6H3,(H,19,26). The molecule has 0 bridgehead atoms. The molecule has 0 atom stereocenters. The van der Waals surface area contributed by atoms with Crippen LogP contribution in [0.5, 0.6) is 0 Å². The van der Waals surface area contributed by atoms with Gasteiger partial charge < -0.3 is 14.9 Å². The van der Waals surface area contributed by atoms with Crippen LogP contribution in [0.1, 0.15) is 67.2 Å². The van der Waals surface area contributed by atoms with Gasteiger partial charge in [0.2, 0.25) is 0 Å². The summed E-state index contributed by atoms with van der Waals surface area (Å²) in [4.78, 5) is 40.7. The van der Waals surface area contributed by atoms with Gasteiger partial charge in [0.1, 0.15) is 0 Å². The first-order valence-corrected chi connectivity index (χ1v) is 9.24. The van der Waals surface area contributed by atoms with E-state index in [1.165, 1.54) is 0 Å². The van der Waals surface area contributed by atoms with Crippen LogP contribution >= 0.6 is 12.2 Å². The maximum Gasteiger partial charge on any atom is 0.338 e. The lowest BCUT2D eigenvalue weighted by molar-refractivity contribution is -0.204. The number of thiocarbonyl (C=S) groups is 1. The van der Waals surface area contributed by atoms with Crippen LogP contribution < -0.4 is 5.32 Å². The Bertz CT molecular complexity index is 506. The minimum Gasteiger partial charge on any atom is -0.380 e. The minimum atomic E-state index is -0.896. The molecule has 0 fully saturated rings. The average molecular weight is 389 g/mol. The quantitative estimate of drug-likeness (QED) is 0.331. The second kappa shape index (κ2) is 11.2. The number of hydrogen-bond acceptors (Lipinski definition) is 6. The molecule has 0 aromatic heterocycles. The maximum absolute atomic E-state index is 12.3. The molecule has 0 spiro atoms. The van der Waals surface area contributed by atoms with E-state index in [1.54, 1.807) is 20.8 Å². The van der Waals surface area contributed by atoms with Crippen molar-refractivity contribution < 1.29 is 24.0 Å². The molecule has 0 aliphatic heterocycles. The fourth-order valence-corrected chi connectivity index (χ4v) is 2.07. The highest BCUT2D eigenvalue weighted by atomic mass is 32.1. The number of hydrogen-bond donors (Lipinski definition) is 1. The molecular formula is C18H32N2O5S. The lowest BCUT2D eigenvalue weighted by atomic mass is 9.90. The van der Waals surface area contributed by atoms with Gasteiger partial charge in [-0.25, -0.2) is 4.79 Å². The molecule has 0 aliphatic rings. The van der Waals surface area contributed by atoms with Crippen LogP contribution in [0.2, 0.25) is 0 Å². The molecule has 0 radical (unpaired) electrons. The largest absolute Gasteiger partial charge is 0.380 e. The number of carbonyl (C=O) groups is 3. The van der Waals surface area contributed by atoms with Crippen molar-refractivity contribution in [2.24, 2.45) is 5.41 Å². The van der Waals surface area contributed by atoms with E-state index in [-0.39, 0.29) is 18.4 Å². The minimum absolute atomic E-state index is 0.138. The van der Waals surface area contributed by atoms with Gasteiger partial charge in [-0.3, -0.25) is 9.59 Å². The molecule has 1 N–H and O–H groups in total. The van der Waals surface area contributed by atoms with Crippen molar-refractivity contribution in [3.05, 3.63) is 0 Å². The molecule has 0 aliphatic carbocycles. The summed E-state index contributed by atoms with van der Waals surface area (Å²) in [6.45, 7) is 12.0. The van der Waals surface area contributed by atoms with Gasteiger partial charge in [-0.2, -0.15) is 0 Å². The number of carbonyl (C=O) groups excluding carboxylic acids is 3. The molecule has 2 amide bonds. The summed E-state index contributed by atoms with van der Waals surface area (Å²) in [6.07, 6.45) is 2.07. The first kappa shape index (κ1) is 24.5. The summed E-state index contributed by atoms with van der Waals surface area (Å²) in [5, 5.41) is 3.55. The Kier molecular flexibility index (Phi) is 10.6. The summed E-state index contributed by atoms with van der Waals surface area (Å²) >= 11 is 4.97. The molecule has 8 heteroatoms. The Balaban J connectivity index is 4.49. The van der Waals surface area contributed by atoms with Crippen molar-refractivity contribution >= 4 is 35.5 Å². The third-order valence-electron chi connectivity index (χ3n) is 3.86. The zero-order valence-corrected chi connectivity index (χ0v) is 17.5. The van der Waals surface area contributed by atoms with Crippen LogP contribution in [0.15, 0.2) is 0 Å². The van der Waals surface area contributed by atoms with Crippen LogP contribution in [0, 0.1) is 5.41 Å². The van der Waals surface area contributed by atoms with Crippen molar-refractivity contribution in [1.29, 1.82) is 0 Å². The van der Waals surface area contributed by atoms with Crippen molar-refractivity contribution in [3.8, 4) is 0 Å². The molecule has 0 saturated carbocycles. The highest BCUT2D eigenvalue weighted by Crippen LogP contribution is 2.25. The molecule has 0 saturated heterocycles. The van der Waals surface area contributed by atoms with Gasteiger partial charge in [0, 0.05) is 19.6 Å². The summed E-state index contributed by atoms with van der Waals surface area (Å²) in [6, 6.07) is 0. The highest BCUT2D eigenvalue weighted by molar-refractivity contribution is 7.80. The normalized spacial score (nSPS) is 11.6. The number of nitrogens with zero attached hydrogens (tertiary/aromatic N) is 1. The molecular weight excluding hydrogens is 356 g/mol. The lowest BCUT2D eigenvalue weighted by Gasteiger charge is -2.29. The first-order valence-electron chi connectivity index (χ1n) is 8.83. The number of nitrogens with one attached hydrogen (secondary N) is 1. The molecule has 0 rings (SSSR count). The fraction of sp³-hybridized carbons (Fsp3) is 0.778. The Labute approximate surface area is 161 Å². The molecule has 0 aromatic carbocycles. The van der Waals surface area contributed by atoms with Crippen LogP contribution in [0.3, 0.4) is 0 Å². The van der Waals surface area contributed by atoms with E-state index in [1.807, 2.05) is 20.8 Å². The number of hydroxylamine groups is 2. The van der Waals surface area contributed by atoms with E-state index in [0.29, 0.717) is 31.1 Å². The molecule has 26 heavy (non-hydrogen) atoms. The maximum atomic E-state index is 12.3. The van der Waals surface area contributed by atoms with Crippen LogP contribution in [-0.2, 0) is 24.0 Å². The second-order valence-corrected chi connectivity index (χ2v) is 8.04. The van der Waals surface area contributed by atoms with Crippen molar-refractivity contribution in [2.75, 3.05) is 13.2 Å². The molecule has 7 nitrogen and oxygen atoms in total. The third-order valence-corrected chi connectivity index (χ3v) is 4.00. The Morgan fingerprint density at radius 2 is 1.81 bits per heavy atom. The van der Waals surface area contributed by atoms with E-state index >= 15 is 0 Å². The van der Waals surface area contributed by atoms with E-state index in [4.69, 9.17) is 21.8 Å². The lowest BCUT2D eigenvalue weighted by Crippen LogP contribution is -2.39. The van der Waals surface area contributed by atoms with E-state index in [9.17, 15) is 14.4 Å². The second-order valence-electron chi connectivity index (χ2n) is 7.43. The number of ether oxygens (including phenoxy) is 1. The topological polar surface area (TPSA) is 84.9 Å². The smallest absolute Gasteiger partial charge is 0.338 e. The van der Waals surface area contributed by atoms with Gasteiger partial charge >= 0.3 is 5.97 Å². The van der Waals surface area contributed by atoms with E-state index in [0.717, 1.165) is 11.4 Å². The zero-order chi connectivity index (χ0) is 20.4. The molecule has 150 valence electrons. The highest BCUT2D eigenvalue weighted by Gasteiger charge is 2.33. The van der Waals surface area contributed by atoms with Gasteiger partial charge in [-0.15, -0.1) is 5.06 Å². The third kappa shape index (κ3) is 9.82. The van der Waals surface area contributed by atoms with Crippen LogP contribution in [0.25, 0.3) is 0 Å². The molecule has 0 unspecified atom stereocenters. The molecule has 0 heterocycles. The average Bonchev–Trinajstić information content (AvgIpc) is 2.51. The van der Waals surface area contributed by atoms with E-state index in [2.05, 4.69) is 5.32 Å². The number of imide groups is 1. The van der Waals surface area contributed by atoms with Gasteiger partial charge in [-0.05, 0) is 53.9 Å². The van der Waals surface area contributed by atoms with Gasteiger partial charge in [-0.1, -0.05) is 19.1 Å². The zero-order valence-electron chi connectivity index (χ0n) is 16.7. The fourth-order valence-electron chi connectivity index (χ4n) is 1.96. The predicted molar refractivity (Wildman–Crippen MR) is 103 cm³/mol. The summed E-state index contributed by atoms with van der Waals surface area (Å²) in [5.41, 5.74) is -1.27. The van der Waals surface area contributed by atoms with Gasteiger partial charge in [0.25, 0.3) is 12.3 Å². The molecule has 0 aromatic rings. The number of amides is 2. The Hall–Kier alpha value is -1.54. The SMILES string of the molecule is CCCC(=O)N(C=O)OC(=O)C(C)(C)CCOC(C)(C)CCNC(C)=S. The monoisotopic (exact) mass is 388 g/mol.